The molecule has 0 aromatic rings. The molecule has 1 N–H and O–H groups in total. The molecule has 0 aromatic carbocycles. The molecule has 2 rings (SSSR count). The Morgan fingerprint density at radius 3 is 2.58 bits per heavy atom. The van der Waals surface area contributed by atoms with Crippen molar-refractivity contribution in [3.8, 4) is 0 Å². The molecule has 0 saturated carbocycles. The second kappa shape index (κ2) is 5.11. The molecule has 2 saturated heterocycles. The number of hydrogen-bond acceptors (Lipinski definition) is 4. The fourth-order valence-corrected chi connectivity index (χ4v) is 4.55. The summed E-state index contributed by atoms with van der Waals surface area (Å²) in [6, 6.07) is -0.986. The number of piperazine rings is 1. The van der Waals surface area contributed by atoms with Crippen LogP contribution in [0.2, 0.25) is 0 Å². The van der Waals surface area contributed by atoms with Gasteiger partial charge in [0.1, 0.15) is 12.1 Å². The summed E-state index contributed by atoms with van der Waals surface area (Å²) in [5, 5.41) is 2.69. The third kappa shape index (κ3) is 2.91. The van der Waals surface area contributed by atoms with Crippen LogP contribution >= 0.6 is 0 Å². The predicted molar refractivity (Wildman–Crippen MR) is 70.2 cm³/mol. The SMILES string of the molecule is CCC1NC(=O)C(C)N(CC2CCS(=O)(=O)C2)C1=O. The molecule has 3 atom stereocenters. The average molecular weight is 288 g/mol. The van der Waals surface area contributed by atoms with Crippen LogP contribution < -0.4 is 5.32 Å². The first-order chi connectivity index (χ1) is 8.84. The summed E-state index contributed by atoms with van der Waals surface area (Å²) in [6.07, 6.45) is 1.13. The van der Waals surface area contributed by atoms with E-state index in [1.807, 2.05) is 6.92 Å². The number of rotatable bonds is 3. The summed E-state index contributed by atoms with van der Waals surface area (Å²) >= 11 is 0. The zero-order valence-electron chi connectivity index (χ0n) is 11.3. The second-order valence-corrected chi connectivity index (χ2v) is 7.63. The van der Waals surface area contributed by atoms with Gasteiger partial charge in [0.2, 0.25) is 11.8 Å². The molecule has 2 fully saturated rings. The van der Waals surface area contributed by atoms with Gasteiger partial charge in [-0.3, -0.25) is 9.59 Å². The lowest BCUT2D eigenvalue weighted by molar-refractivity contribution is -0.149. The van der Waals surface area contributed by atoms with Crippen molar-refractivity contribution < 1.29 is 18.0 Å². The van der Waals surface area contributed by atoms with Gasteiger partial charge in [0.05, 0.1) is 11.5 Å². The Kier molecular flexibility index (Phi) is 3.85. The molecule has 0 bridgehead atoms. The van der Waals surface area contributed by atoms with E-state index < -0.39 is 21.9 Å². The molecular weight excluding hydrogens is 268 g/mol. The predicted octanol–water partition coefficient (Wildman–Crippen LogP) is -0.453. The lowest BCUT2D eigenvalue weighted by atomic mass is 10.0. The molecule has 19 heavy (non-hydrogen) atoms. The van der Waals surface area contributed by atoms with Gasteiger partial charge in [0.25, 0.3) is 0 Å². The van der Waals surface area contributed by atoms with Gasteiger partial charge in [0.15, 0.2) is 9.84 Å². The Labute approximate surface area is 113 Å². The van der Waals surface area contributed by atoms with Crippen LogP contribution in [0.1, 0.15) is 26.7 Å². The zero-order valence-corrected chi connectivity index (χ0v) is 12.1. The van der Waals surface area contributed by atoms with Gasteiger partial charge < -0.3 is 10.2 Å². The van der Waals surface area contributed by atoms with Crippen LogP contribution in [0.15, 0.2) is 0 Å². The minimum absolute atomic E-state index is 0.0418. The van der Waals surface area contributed by atoms with Crippen molar-refractivity contribution in [2.75, 3.05) is 18.1 Å². The lowest BCUT2D eigenvalue weighted by Crippen LogP contribution is -2.62. The second-order valence-electron chi connectivity index (χ2n) is 5.41. The Bertz CT molecular complexity index is 488. The van der Waals surface area contributed by atoms with Crippen molar-refractivity contribution in [1.82, 2.24) is 10.2 Å². The maximum absolute atomic E-state index is 12.2. The number of amides is 2. The van der Waals surface area contributed by atoms with Crippen LogP contribution in [-0.2, 0) is 19.4 Å². The monoisotopic (exact) mass is 288 g/mol. The van der Waals surface area contributed by atoms with Gasteiger partial charge >= 0.3 is 0 Å². The van der Waals surface area contributed by atoms with E-state index in [0.29, 0.717) is 19.4 Å². The summed E-state index contributed by atoms with van der Waals surface area (Å²) in [7, 11) is -2.95. The molecule has 3 unspecified atom stereocenters. The van der Waals surface area contributed by atoms with Crippen molar-refractivity contribution in [2.45, 2.75) is 38.8 Å². The van der Waals surface area contributed by atoms with Crippen LogP contribution in [0.25, 0.3) is 0 Å². The Balaban J connectivity index is 2.09. The molecule has 108 valence electrons. The maximum Gasteiger partial charge on any atom is 0.245 e. The Morgan fingerprint density at radius 2 is 2.05 bits per heavy atom. The molecule has 7 heteroatoms. The Morgan fingerprint density at radius 1 is 1.37 bits per heavy atom. The van der Waals surface area contributed by atoms with Gasteiger partial charge in [-0.25, -0.2) is 8.42 Å². The highest BCUT2D eigenvalue weighted by Crippen LogP contribution is 2.22. The van der Waals surface area contributed by atoms with E-state index in [1.165, 1.54) is 0 Å². The standard InChI is InChI=1S/C12H20N2O4S/c1-3-10-12(16)14(8(2)11(15)13-10)6-9-4-5-19(17,18)7-9/h8-10H,3-7H2,1-2H3,(H,13,15). The van der Waals surface area contributed by atoms with Crippen molar-refractivity contribution in [3.05, 3.63) is 0 Å². The number of sulfone groups is 1. The number of carbonyl (C=O) groups is 2. The van der Waals surface area contributed by atoms with E-state index in [0.717, 1.165) is 0 Å². The summed E-state index contributed by atoms with van der Waals surface area (Å²) in [6.45, 7) is 3.89. The van der Waals surface area contributed by atoms with E-state index in [2.05, 4.69) is 5.32 Å². The smallest absolute Gasteiger partial charge is 0.245 e. The molecule has 0 spiro atoms. The molecule has 2 heterocycles. The van der Waals surface area contributed by atoms with Crippen molar-refractivity contribution >= 4 is 21.7 Å². The maximum atomic E-state index is 12.2. The first-order valence-electron chi connectivity index (χ1n) is 6.65. The quantitative estimate of drug-likeness (QED) is 0.762. The van der Waals surface area contributed by atoms with Crippen LogP contribution in [0.4, 0.5) is 0 Å². The van der Waals surface area contributed by atoms with E-state index >= 15 is 0 Å². The molecule has 6 nitrogen and oxygen atoms in total. The van der Waals surface area contributed by atoms with E-state index in [4.69, 9.17) is 0 Å². The number of hydrogen-bond donors (Lipinski definition) is 1. The molecular formula is C12H20N2O4S. The Hall–Kier alpha value is -1.11. The largest absolute Gasteiger partial charge is 0.343 e. The van der Waals surface area contributed by atoms with Crippen molar-refractivity contribution in [3.63, 3.8) is 0 Å². The summed E-state index contributed by atoms with van der Waals surface area (Å²) in [4.78, 5) is 25.6. The topological polar surface area (TPSA) is 83.6 Å². The average Bonchev–Trinajstić information content (AvgIpc) is 2.69. The molecule has 0 aromatic heterocycles. The molecule has 2 amide bonds. The summed E-state index contributed by atoms with van der Waals surface area (Å²) < 4.78 is 22.9. The third-order valence-electron chi connectivity index (χ3n) is 3.93. The highest BCUT2D eigenvalue weighted by molar-refractivity contribution is 7.91. The summed E-state index contributed by atoms with van der Waals surface area (Å²) in [5.41, 5.74) is 0. The van der Waals surface area contributed by atoms with Gasteiger partial charge in [-0.05, 0) is 25.7 Å². The van der Waals surface area contributed by atoms with Gasteiger partial charge in [-0.1, -0.05) is 6.92 Å². The molecule has 0 radical (unpaired) electrons. The highest BCUT2D eigenvalue weighted by Gasteiger charge is 2.39. The van der Waals surface area contributed by atoms with Crippen LogP contribution in [-0.4, -0.2) is 55.3 Å². The molecule has 0 aliphatic carbocycles. The normalized spacial score (nSPS) is 34.4. The van der Waals surface area contributed by atoms with E-state index in [9.17, 15) is 18.0 Å². The minimum atomic E-state index is -2.95. The number of nitrogens with one attached hydrogen (secondary N) is 1. The van der Waals surface area contributed by atoms with Crippen molar-refractivity contribution in [1.29, 1.82) is 0 Å². The highest BCUT2D eigenvalue weighted by atomic mass is 32.2. The van der Waals surface area contributed by atoms with E-state index in [-0.39, 0.29) is 29.2 Å². The van der Waals surface area contributed by atoms with Gasteiger partial charge in [-0.2, -0.15) is 0 Å². The first kappa shape index (κ1) is 14.3. The van der Waals surface area contributed by atoms with Crippen LogP contribution in [0.3, 0.4) is 0 Å². The first-order valence-corrected chi connectivity index (χ1v) is 8.47. The minimum Gasteiger partial charge on any atom is -0.343 e. The third-order valence-corrected chi connectivity index (χ3v) is 5.77. The molecule has 2 aliphatic heterocycles. The van der Waals surface area contributed by atoms with Crippen molar-refractivity contribution in [2.24, 2.45) is 5.92 Å². The van der Waals surface area contributed by atoms with Gasteiger partial charge in [0, 0.05) is 6.54 Å². The van der Waals surface area contributed by atoms with Crippen LogP contribution in [0.5, 0.6) is 0 Å². The van der Waals surface area contributed by atoms with E-state index in [1.54, 1.807) is 11.8 Å². The fourth-order valence-electron chi connectivity index (χ4n) is 2.71. The zero-order chi connectivity index (χ0) is 14.2. The fraction of sp³-hybridized carbons (Fsp3) is 0.833. The number of nitrogens with zero attached hydrogens (tertiary/aromatic N) is 1. The van der Waals surface area contributed by atoms with Gasteiger partial charge in [-0.15, -0.1) is 0 Å². The summed E-state index contributed by atoms with van der Waals surface area (Å²) in [5.74, 6) is 0.0188. The van der Waals surface area contributed by atoms with Crippen LogP contribution in [0, 0.1) is 5.92 Å². The number of carbonyl (C=O) groups excluding carboxylic acids is 2. The lowest BCUT2D eigenvalue weighted by Gasteiger charge is -2.38. The molecule has 2 aliphatic rings.